The van der Waals surface area contributed by atoms with Crippen molar-refractivity contribution in [3.8, 4) is 0 Å². The predicted molar refractivity (Wildman–Crippen MR) is 119 cm³/mol. The number of hydrogen-bond donors (Lipinski definition) is 0. The highest BCUT2D eigenvalue weighted by Gasteiger charge is 2.26. The normalized spacial score (nSPS) is 11.8. The van der Waals surface area contributed by atoms with Crippen LogP contribution in [-0.2, 0) is 28.9 Å². The molecule has 2 aromatic carbocycles. The number of aryl methyl sites for hydroxylation is 2. The number of benzene rings is 2. The van der Waals surface area contributed by atoms with Gasteiger partial charge in [0.15, 0.2) is 0 Å². The van der Waals surface area contributed by atoms with E-state index >= 15 is 0 Å². The Labute approximate surface area is 179 Å². The van der Waals surface area contributed by atoms with Crippen molar-refractivity contribution in [3.63, 3.8) is 0 Å². The van der Waals surface area contributed by atoms with E-state index in [-0.39, 0.29) is 17.3 Å². The molecule has 0 aliphatic heterocycles. The van der Waals surface area contributed by atoms with Gasteiger partial charge in [-0.15, -0.1) is 0 Å². The number of fused-ring (bicyclic) bond motifs is 1. The highest BCUT2D eigenvalue weighted by atomic mass is 32.2. The Balaban J connectivity index is 1.95. The number of nitrogens with zero attached hydrogens (tertiary/aromatic N) is 4. The van der Waals surface area contributed by atoms with E-state index in [1.165, 1.54) is 48.8 Å². The molecule has 0 atom stereocenters. The van der Waals surface area contributed by atoms with Gasteiger partial charge >= 0.3 is 11.1 Å². The molecule has 3 rings (SSSR count). The van der Waals surface area contributed by atoms with E-state index in [9.17, 15) is 22.8 Å². The zero-order valence-corrected chi connectivity index (χ0v) is 18.6. The molecule has 0 N–H and O–H groups in total. The fourth-order valence-corrected chi connectivity index (χ4v) is 4.51. The number of para-hydroxylation sites is 1. The number of aromatic nitrogens is 2. The first-order valence-electron chi connectivity index (χ1n) is 9.61. The standard InChI is InChI=1S/C21H24N4O5S/c1-5-25(15-9-7-6-8-10-15)19(26)14-22(2)31(29,30)16-11-12-17-18(13-16)24(4)21(28)20(27)23(17)3/h6-13H,5,14H2,1-4H3. The second-order valence-corrected chi connectivity index (χ2v) is 9.16. The zero-order valence-electron chi connectivity index (χ0n) is 17.8. The highest BCUT2D eigenvalue weighted by molar-refractivity contribution is 7.89. The van der Waals surface area contributed by atoms with Crippen LogP contribution < -0.4 is 16.0 Å². The first kappa shape index (κ1) is 22.4. The lowest BCUT2D eigenvalue weighted by atomic mass is 10.3. The van der Waals surface area contributed by atoms with Crippen LogP contribution in [0, 0.1) is 0 Å². The summed E-state index contributed by atoms with van der Waals surface area (Å²) >= 11 is 0. The van der Waals surface area contributed by atoms with E-state index in [1.807, 2.05) is 13.0 Å². The molecule has 0 aliphatic rings. The SMILES string of the molecule is CCN(C(=O)CN(C)S(=O)(=O)c1ccc2c(c1)n(C)c(=O)c(=O)n2C)c1ccccc1. The average molecular weight is 445 g/mol. The summed E-state index contributed by atoms with van der Waals surface area (Å²) in [6.07, 6.45) is 0. The number of carbonyl (C=O) groups is 1. The Morgan fingerprint density at radius 2 is 1.52 bits per heavy atom. The molecule has 0 bridgehead atoms. The van der Waals surface area contributed by atoms with E-state index < -0.39 is 21.1 Å². The van der Waals surface area contributed by atoms with Crippen molar-refractivity contribution in [2.24, 2.45) is 14.1 Å². The topological polar surface area (TPSA) is 102 Å². The van der Waals surface area contributed by atoms with Gasteiger partial charge in [-0.2, -0.15) is 4.31 Å². The van der Waals surface area contributed by atoms with E-state index in [0.29, 0.717) is 23.3 Å². The molecule has 0 spiro atoms. The highest BCUT2D eigenvalue weighted by Crippen LogP contribution is 2.20. The molecular formula is C21H24N4O5S. The average Bonchev–Trinajstić information content (AvgIpc) is 2.77. The van der Waals surface area contributed by atoms with Crippen LogP contribution in [0.15, 0.2) is 63.0 Å². The number of hydrogen-bond acceptors (Lipinski definition) is 5. The largest absolute Gasteiger partial charge is 0.316 e. The second kappa shape index (κ2) is 8.48. The third-order valence-corrected chi connectivity index (χ3v) is 7.01. The number of carbonyl (C=O) groups excluding carboxylic acids is 1. The van der Waals surface area contributed by atoms with Gasteiger partial charge in [0.1, 0.15) is 0 Å². The maximum Gasteiger partial charge on any atom is 0.316 e. The molecule has 0 aliphatic carbocycles. The van der Waals surface area contributed by atoms with Crippen LogP contribution in [-0.4, -0.2) is 47.9 Å². The third kappa shape index (κ3) is 4.04. The molecule has 1 aromatic heterocycles. The Morgan fingerprint density at radius 1 is 0.935 bits per heavy atom. The van der Waals surface area contributed by atoms with Crippen molar-refractivity contribution in [1.82, 2.24) is 13.4 Å². The zero-order chi connectivity index (χ0) is 22.9. The van der Waals surface area contributed by atoms with Crippen LogP contribution in [0.2, 0.25) is 0 Å². The van der Waals surface area contributed by atoms with Gasteiger partial charge in [0, 0.05) is 33.4 Å². The lowest BCUT2D eigenvalue weighted by molar-refractivity contribution is -0.118. The first-order valence-corrected chi connectivity index (χ1v) is 11.0. The molecule has 0 unspecified atom stereocenters. The van der Waals surface area contributed by atoms with Crippen molar-refractivity contribution < 1.29 is 13.2 Å². The van der Waals surface area contributed by atoms with E-state index in [4.69, 9.17) is 0 Å². The summed E-state index contributed by atoms with van der Waals surface area (Å²) in [6, 6.07) is 13.2. The molecule has 10 heteroatoms. The molecule has 1 amide bonds. The molecular weight excluding hydrogens is 420 g/mol. The van der Waals surface area contributed by atoms with Crippen LogP contribution in [0.25, 0.3) is 11.0 Å². The molecule has 9 nitrogen and oxygen atoms in total. The Kier molecular flexibility index (Phi) is 6.14. The van der Waals surface area contributed by atoms with Crippen LogP contribution in [0.4, 0.5) is 5.69 Å². The fraction of sp³-hybridized carbons (Fsp3) is 0.286. The molecule has 0 fully saturated rings. The van der Waals surface area contributed by atoms with Crippen LogP contribution in [0.1, 0.15) is 6.92 Å². The Morgan fingerprint density at radius 3 is 2.10 bits per heavy atom. The van der Waals surface area contributed by atoms with E-state index in [2.05, 4.69) is 0 Å². The fourth-order valence-electron chi connectivity index (χ4n) is 3.37. The monoisotopic (exact) mass is 444 g/mol. The number of anilines is 1. The van der Waals surface area contributed by atoms with Gasteiger partial charge in [0.2, 0.25) is 15.9 Å². The number of likely N-dealkylation sites (N-methyl/N-ethyl adjacent to an activating group) is 2. The Bertz CT molecular complexity index is 1360. The molecule has 31 heavy (non-hydrogen) atoms. The maximum absolute atomic E-state index is 13.1. The van der Waals surface area contributed by atoms with Crippen molar-refractivity contribution in [3.05, 3.63) is 69.2 Å². The predicted octanol–water partition coefficient (Wildman–Crippen LogP) is 0.911. The third-order valence-electron chi connectivity index (χ3n) is 5.21. The van der Waals surface area contributed by atoms with Crippen LogP contribution >= 0.6 is 0 Å². The number of sulfonamides is 1. The molecule has 0 saturated carbocycles. The molecule has 3 aromatic rings. The second-order valence-electron chi connectivity index (χ2n) is 7.11. The maximum atomic E-state index is 13.1. The summed E-state index contributed by atoms with van der Waals surface area (Å²) in [7, 11) is 0.174. The molecule has 0 saturated heterocycles. The summed E-state index contributed by atoms with van der Waals surface area (Å²) < 4.78 is 29.5. The van der Waals surface area contributed by atoms with Crippen LogP contribution in [0.5, 0.6) is 0 Å². The van der Waals surface area contributed by atoms with E-state index in [0.717, 1.165) is 8.87 Å². The minimum Gasteiger partial charge on any atom is -0.312 e. The lowest BCUT2D eigenvalue weighted by Crippen LogP contribution is -2.41. The first-order chi connectivity index (χ1) is 14.6. The van der Waals surface area contributed by atoms with Gasteiger partial charge in [0.05, 0.1) is 22.5 Å². The van der Waals surface area contributed by atoms with E-state index in [1.54, 1.807) is 24.3 Å². The van der Waals surface area contributed by atoms with Gasteiger partial charge in [-0.3, -0.25) is 14.4 Å². The molecule has 164 valence electrons. The molecule has 0 radical (unpaired) electrons. The minimum absolute atomic E-state index is 0.0771. The van der Waals surface area contributed by atoms with Gasteiger partial charge in [-0.1, -0.05) is 18.2 Å². The van der Waals surface area contributed by atoms with Crippen molar-refractivity contribution in [2.45, 2.75) is 11.8 Å². The van der Waals surface area contributed by atoms with Crippen LogP contribution in [0.3, 0.4) is 0 Å². The smallest absolute Gasteiger partial charge is 0.312 e. The van der Waals surface area contributed by atoms with Crippen molar-refractivity contribution in [1.29, 1.82) is 0 Å². The van der Waals surface area contributed by atoms with Crippen molar-refractivity contribution >= 4 is 32.7 Å². The lowest BCUT2D eigenvalue weighted by Gasteiger charge is -2.24. The summed E-state index contributed by atoms with van der Waals surface area (Å²) in [5.41, 5.74) is -0.0516. The Hall–Kier alpha value is -3.24. The summed E-state index contributed by atoms with van der Waals surface area (Å²) in [5, 5.41) is 0. The van der Waals surface area contributed by atoms with Crippen molar-refractivity contribution in [2.75, 3.05) is 25.0 Å². The van der Waals surface area contributed by atoms with Gasteiger partial charge < -0.3 is 14.0 Å². The quantitative estimate of drug-likeness (QED) is 0.526. The number of rotatable bonds is 6. The summed E-state index contributed by atoms with van der Waals surface area (Å²) in [6.45, 7) is 1.85. The van der Waals surface area contributed by atoms with Gasteiger partial charge in [-0.05, 0) is 37.3 Å². The van der Waals surface area contributed by atoms with Gasteiger partial charge in [-0.25, -0.2) is 8.42 Å². The summed E-state index contributed by atoms with van der Waals surface area (Å²) in [4.78, 5) is 38.3. The summed E-state index contributed by atoms with van der Waals surface area (Å²) in [5.74, 6) is -0.365. The number of amides is 1. The minimum atomic E-state index is -4.02. The molecule has 1 heterocycles. The van der Waals surface area contributed by atoms with Gasteiger partial charge in [0.25, 0.3) is 0 Å².